The molecule has 0 spiro atoms. The second kappa shape index (κ2) is 6.71. The van der Waals surface area contributed by atoms with Crippen LogP contribution in [0.3, 0.4) is 0 Å². The molecule has 1 aliphatic heterocycles. The largest absolute Gasteiger partial charge is 0.342 e. The molecule has 2 unspecified atom stereocenters. The molecule has 104 valence electrons. The molecule has 1 aromatic carbocycles. The lowest BCUT2D eigenvalue weighted by Crippen LogP contribution is -2.35. The van der Waals surface area contributed by atoms with Gasteiger partial charge in [0, 0.05) is 31.5 Å². The van der Waals surface area contributed by atoms with Gasteiger partial charge < -0.3 is 10.2 Å². The van der Waals surface area contributed by atoms with Gasteiger partial charge in [0.2, 0.25) is 5.91 Å². The van der Waals surface area contributed by atoms with Crippen LogP contribution >= 0.6 is 0 Å². The summed E-state index contributed by atoms with van der Waals surface area (Å²) in [6.07, 6.45) is 1.70. The molecule has 1 heterocycles. The third-order valence-electron chi connectivity index (χ3n) is 3.85. The molecule has 2 atom stereocenters. The summed E-state index contributed by atoms with van der Waals surface area (Å²) in [5, 5.41) is 3.30. The zero-order chi connectivity index (χ0) is 13.7. The maximum absolute atomic E-state index is 12.2. The maximum Gasteiger partial charge on any atom is 0.224 e. The molecule has 1 aliphatic rings. The van der Waals surface area contributed by atoms with E-state index in [1.54, 1.807) is 0 Å². The van der Waals surface area contributed by atoms with E-state index in [1.165, 1.54) is 5.56 Å². The number of benzene rings is 1. The molecule has 19 heavy (non-hydrogen) atoms. The molecule has 3 heteroatoms. The van der Waals surface area contributed by atoms with Crippen LogP contribution in [0.5, 0.6) is 0 Å². The highest BCUT2D eigenvalue weighted by Crippen LogP contribution is 2.27. The van der Waals surface area contributed by atoms with E-state index < -0.39 is 0 Å². The number of nitrogens with zero attached hydrogens (tertiary/aromatic N) is 1. The van der Waals surface area contributed by atoms with Crippen LogP contribution in [0.25, 0.3) is 0 Å². The van der Waals surface area contributed by atoms with Gasteiger partial charge in [0.05, 0.1) is 0 Å². The molecule has 2 rings (SSSR count). The Labute approximate surface area is 116 Å². The second-order valence-electron chi connectivity index (χ2n) is 5.40. The maximum atomic E-state index is 12.2. The van der Waals surface area contributed by atoms with E-state index in [4.69, 9.17) is 0 Å². The molecule has 3 nitrogen and oxygen atoms in total. The minimum absolute atomic E-state index is 0.272. The summed E-state index contributed by atoms with van der Waals surface area (Å²) < 4.78 is 0. The van der Waals surface area contributed by atoms with Crippen LogP contribution in [-0.2, 0) is 4.79 Å². The molecular formula is C16H24N2O. The van der Waals surface area contributed by atoms with Crippen molar-refractivity contribution in [3.63, 3.8) is 0 Å². The first-order valence-electron chi connectivity index (χ1n) is 7.26. The highest BCUT2D eigenvalue weighted by atomic mass is 16.2. The van der Waals surface area contributed by atoms with E-state index in [0.717, 1.165) is 26.1 Å². The van der Waals surface area contributed by atoms with Crippen molar-refractivity contribution >= 4 is 5.91 Å². The van der Waals surface area contributed by atoms with Crippen molar-refractivity contribution in [3.05, 3.63) is 35.9 Å². The van der Waals surface area contributed by atoms with Crippen molar-refractivity contribution in [1.82, 2.24) is 10.2 Å². The number of carbonyl (C=O) groups excluding carboxylic acids is 1. The first kappa shape index (κ1) is 14.1. The van der Waals surface area contributed by atoms with Crippen molar-refractivity contribution in [2.75, 3.05) is 19.6 Å². The number of nitrogens with one attached hydrogen (secondary N) is 1. The van der Waals surface area contributed by atoms with E-state index in [0.29, 0.717) is 12.3 Å². The number of rotatable bonds is 5. The van der Waals surface area contributed by atoms with Crippen LogP contribution in [0, 0.1) is 0 Å². The lowest BCUT2D eigenvalue weighted by atomic mass is 9.99. The van der Waals surface area contributed by atoms with E-state index in [2.05, 4.69) is 43.4 Å². The van der Waals surface area contributed by atoms with E-state index in [1.807, 2.05) is 11.0 Å². The molecular weight excluding hydrogens is 236 g/mol. The minimum atomic E-state index is 0.272. The summed E-state index contributed by atoms with van der Waals surface area (Å²) in [4.78, 5) is 14.2. The number of hydrogen-bond acceptors (Lipinski definition) is 2. The Morgan fingerprint density at radius 1 is 1.42 bits per heavy atom. The Bertz CT molecular complexity index is 404. The van der Waals surface area contributed by atoms with Crippen LogP contribution in [0.1, 0.15) is 38.2 Å². The van der Waals surface area contributed by atoms with Crippen molar-refractivity contribution in [2.24, 2.45) is 0 Å². The number of likely N-dealkylation sites (tertiary alicyclic amines) is 1. The summed E-state index contributed by atoms with van der Waals surface area (Å²) in [6.45, 7) is 6.84. The van der Waals surface area contributed by atoms with Gasteiger partial charge in [-0.25, -0.2) is 0 Å². The predicted octanol–water partition coefficient (Wildman–Crippen LogP) is 2.39. The fourth-order valence-electron chi connectivity index (χ4n) is 2.80. The number of carbonyl (C=O) groups is 1. The van der Waals surface area contributed by atoms with Gasteiger partial charge in [-0.2, -0.15) is 0 Å². The predicted molar refractivity (Wildman–Crippen MR) is 78.1 cm³/mol. The second-order valence-corrected chi connectivity index (χ2v) is 5.40. The quantitative estimate of drug-likeness (QED) is 0.881. The van der Waals surface area contributed by atoms with Crippen LogP contribution in [0.2, 0.25) is 0 Å². The first-order valence-corrected chi connectivity index (χ1v) is 7.26. The summed E-state index contributed by atoms with van der Waals surface area (Å²) in [5.41, 5.74) is 1.36. The third kappa shape index (κ3) is 3.80. The Balaban J connectivity index is 1.86. The van der Waals surface area contributed by atoms with Gasteiger partial charge in [0.15, 0.2) is 0 Å². The molecule has 1 saturated heterocycles. The Kier molecular flexibility index (Phi) is 4.97. The van der Waals surface area contributed by atoms with Crippen LogP contribution in [0.15, 0.2) is 30.3 Å². The van der Waals surface area contributed by atoms with Crippen molar-refractivity contribution < 1.29 is 4.79 Å². The van der Waals surface area contributed by atoms with Gasteiger partial charge in [0.25, 0.3) is 0 Å². The van der Waals surface area contributed by atoms with Crippen molar-refractivity contribution in [2.45, 2.75) is 38.6 Å². The fourth-order valence-corrected chi connectivity index (χ4v) is 2.80. The lowest BCUT2D eigenvalue weighted by Gasteiger charge is -2.19. The summed E-state index contributed by atoms with van der Waals surface area (Å²) in [5.74, 6) is 0.798. The molecule has 0 aromatic heterocycles. The monoisotopic (exact) mass is 260 g/mol. The molecule has 1 N–H and O–H groups in total. The van der Waals surface area contributed by atoms with Crippen LogP contribution in [0.4, 0.5) is 0 Å². The van der Waals surface area contributed by atoms with E-state index in [-0.39, 0.29) is 11.9 Å². The highest BCUT2D eigenvalue weighted by molar-refractivity contribution is 5.77. The average Bonchev–Trinajstić information content (AvgIpc) is 2.89. The van der Waals surface area contributed by atoms with E-state index >= 15 is 0 Å². The molecule has 1 aromatic rings. The summed E-state index contributed by atoms with van der Waals surface area (Å²) >= 11 is 0. The van der Waals surface area contributed by atoms with Gasteiger partial charge >= 0.3 is 0 Å². The standard InChI is InChI=1S/C16H24N2O/c1-3-17-13(2)11-16(19)18-10-9-15(12-18)14-7-5-4-6-8-14/h4-8,13,15,17H,3,9-12H2,1-2H3. The topological polar surface area (TPSA) is 32.3 Å². The Morgan fingerprint density at radius 2 is 2.16 bits per heavy atom. The van der Waals surface area contributed by atoms with Gasteiger partial charge in [0.1, 0.15) is 0 Å². The number of hydrogen-bond donors (Lipinski definition) is 1. The van der Waals surface area contributed by atoms with Gasteiger partial charge in [-0.3, -0.25) is 4.79 Å². The molecule has 1 fully saturated rings. The molecule has 0 radical (unpaired) electrons. The zero-order valence-corrected chi connectivity index (χ0v) is 11.9. The molecule has 0 bridgehead atoms. The molecule has 0 saturated carbocycles. The van der Waals surface area contributed by atoms with Crippen molar-refractivity contribution in [3.8, 4) is 0 Å². The Hall–Kier alpha value is -1.35. The van der Waals surface area contributed by atoms with Crippen LogP contribution < -0.4 is 5.32 Å². The zero-order valence-electron chi connectivity index (χ0n) is 11.9. The lowest BCUT2D eigenvalue weighted by molar-refractivity contribution is -0.130. The summed E-state index contributed by atoms with van der Waals surface area (Å²) in [7, 11) is 0. The van der Waals surface area contributed by atoms with Gasteiger partial charge in [-0.05, 0) is 25.5 Å². The number of amides is 1. The molecule has 1 amide bonds. The van der Waals surface area contributed by atoms with Crippen molar-refractivity contribution in [1.29, 1.82) is 0 Å². The SMILES string of the molecule is CCNC(C)CC(=O)N1CCC(c2ccccc2)C1. The summed E-state index contributed by atoms with van der Waals surface area (Å²) in [6, 6.07) is 10.8. The highest BCUT2D eigenvalue weighted by Gasteiger charge is 2.27. The van der Waals surface area contributed by atoms with E-state index in [9.17, 15) is 4.79 Å². The Morgan fingerprint density at radius 3 is 2.84 bits per heavy atom. The average molecular weight is 260 g/mol. The molecule has 0 aliphatic carbocycles. The fraction of sp³-hybridized carbons (Fsp3) is 0.562. The minimum Gasteiger partial charge on any atom is -0.342 e. The normalized spacial score (nSPS) is 20.5. The van der Waals surface area contributed by atoms with Gasteiger partial charge in [-0.1, -0.05) is 37.3 Å². The smallest absolute Gasteiger partial charge is 0.224 e. The first-order chi connectivity index (χ1) is 9.20. The van der Waals surface area contributed by atoms with Gasteiger partial charge in [-0.15, -0.1) is 0 Å². The third-order valence-corrected chi connectivity index (χ3v) is 3.85. The van der Waals surface area contributed by atoms with Crippen LogP contribution in [-0.4, -0.2) is 36.5 Å².